The zero-order valence-electron chi connectivity index (χ0n) is 12.8. The number of anilines is 1. The SMILES string of the molecule is CO[C@@H](C(=O)N(C)c1ccc2c(c1)CCO2)c1ccccc1. The van der Waals surface area contributed by atoms with E-state index in [-0.39, 0.29) is 5.91 Å². The van der Waals surface area contributed by atoms with Crippen molar-refractivity contribution in [3.63, 3.8) is 0 Å². The summed E-state index contributed by atoms with van der Waals surface area (Å²) in [5.41, 5.74) is 2.85. The van der Waals surface area contributed by atoms with E-state index in [1.54, 1.807) is 19.1 Å². The van der Waals surface area contributed by atoms with Crippen molar-refractivity contribution in [2.45, 2.75) is 12.5 Å². The van der Waals surface area contributed by atoms with Crippen molar-refractivity contribution in [1.29, 1.82) is 0 Å². The smallest absolute Gasteiger partial charge is 0.260 e. The molecule has 4 heteroatoms. The minimum atomic E-state index is -0.601. The molecule has 1 amide bonds. The van der Waals surface area contributed by atoms with E-state index in [1.165, 1.54) is 0 Å². The summed E-state index contributed by atoms with van der Waals surface area (Å²) < 4.78 is 10.9. The number of nitrogens with zero attached hydrogens (tertiary/aromatic N) is 1. The minimum Gasteiger partial charge on any atom is -0.493 e. The largest absolute Gasteiger partial charge is 0.493 e. The standard InChI is InChI=1S/C18H19NO3/c1-19(15-8-9-16-14(12-15)10-11-22-16)18(20)17(21-2)13-6-4-3-5-7-13/h3-9,12,17H,10-11H2,1-2H3/t17-/m1/s1. The maximum Gasteiger partial charge on any atom is 0.260 e. The molecule has 114 valence electrons. The summed E-state index contributed by atoms with van der Waals surface area (Å²) in [5.74, 6) is 0.823. The van der Waals surface area contributed by atoms with Crippen molar-refractivity contribution in [2.75, 3.05) is 25.7 Å². The zero-order valence-corrected chi connectivity index (χ0v) is 12.8. The number of hydrogen-bond donors (Lipinski definition) is 0. The summed E-state index contributed by atoms with van der Waals surface area (Å²) in [7, 11) is 3.33. The van der Waals surface area contributed by atoms with Crippen molar-refractivity contribution in [2.24, 2.45) is 0 Å². The number of benzene rings is 2. The van der Waals surface area contributed by atoms with Crippen LogP contribution in [0.2, 0.25) is 0 Å². The highest BCUT2D eigenvalue weighted by Gasteiger charge is 2.25. The Morgan fingerprint density at radius 1 is 1.23 bits per heavy atom. The highest BCUT2D eigenvalue weighted by atomic mass is 16.5. The summed E-state index contributed by atoms with van der Waals surface area (Å²) in [6.07, 6.45) is 0.285. The summed E-state index contributed by atoms with van der Waals surface area (Å²) in [6, 6.07) is 15.4. The first-order valence-corrected chi connectivity index (χ1v) is 7.31. The van der Waals surface area contributed by atoms with Crippen LogP contribution in [0, 0.1) is 0 Å². The molecule has 2 aromatic rings. The van der Waals surface area contributed by atoms with Crippen molar-refractivity contribution in [3.8, 4) is 5.75 Å². The molecule has 1 aliphatic rings. The summed E-state index contributed by atoms with van der Waals surface area (Å²) in [4.78, 5) is 14.4. The van der Waals surface area contributed by atoms with Gasteiger partial charge in [0.2, 0.25) is 0 Å². The molecule has 0 unspecified atom stereocenters. The highest BCUT2D eigenvalue weighted by Crippen LogP contribution is 2.30. The van der Waals surface area contributed by atoms with Crippen LogP contribution < -0.4 is 9.64 Å². The molecule has 0 N–H and O–H groups in total. The molecule has 0 aliphatic carbocycles. The van der Waals surface area contributed by atoms with Gasteiger partial charge in [0.1, 0.15) is 5.75 Å². The van der Waals surface area contributed by atoms with Crippen LogP contribution in [0.3, 0.4) is 0 Å². The normalized spacial score (nSPS) is 14.1. The zero-order chi connectivity index (χ0) is 15.5. The van der Waals surface area contributed by atoms with Crippen LogP contribution in [-0.4, -0.2) is 26.7 Å². The quantitative estimate of drug-likeness (QED) is 0.871. The van der Waals surface area contributed by atoms with Crippen LogP contribution in [0.5, 0.6) is 5.75 Å². The van der Waals surface area contributed by atoms with Gasteiger partial charge in [0.05, 0.1) is 6.61 Å². The lowest BCUT2D eigenvalue weighted by atomic mass is 10.1. The fraction of sp³-hybridized carbons (Fsp3) is 0.278. The minimum absolute atomic E-state index is 0.0902. The van der Waals surface area contributed by atoms with Crippen molar-refractivity contribution < 1.29 is 14.3 Å². The lowest BCUT2D eigenvalue weighted by molar-refractivity contribution is -0.128. The second kappa shape index (κ2) is 6.20. The number of methoxy groups -OCH3 is 1. The van der Waals surface area contributed by atoms with Gasteiger partial charge in [-0.1, -0.05) is 30.3 Å². The number of ether oxygens (including phenoxy) is 2. The predicted molar refractivity (Wildman–Crippen MR) is 85.2 cm³/mol. The van der Waals surface area contributed by atoms with E-state index in [9.17, 15) is 4.79 Å². The number of fused-ring (bicyclic) bond motifs is 1. The van der Waals surface area contributed by atoms with Crippen LogP contribution in [0.4, 0.5) is 5.69 Å². The van der Waals surface area contributed by atoms with Crippen molar-refractivity contribution in [3.05, 3.63) is 59.7 Å². The van der Waals surface area contributed by atoms with Gasteiger partial charge >= 0.3 is 0 Å². The first-order valence-electron chi connectivity index (χ1n) is 7.31. The Morgan fingerprint density at radius 3 is 2.73 bits per heavy atom. The van der Waals surface area contributed by atoms with Gasteiger partial charge in [0, 0.05) is 26.3 Å². The molecular weight excluding hydrogens is 278 g/mol. The number of hydrogen-bond acceptors (Lipinski definition) is 3. The monoisotopic (exact) mass is 297 g/mol. The van der Waals surface area contributed by atoms with E-state index in [2.05, 4.69) is 0 Å². The molecule has 0 fully saturated rings. The third-order valence-electron chi connectivity index (χ3n) is 3.95. The Hall–Kier alpha value is -2.33. The van der Waals surface area contributed by atoms with Crippen LogP contribution in [0.15, 0.2) is 48.5 Å². The predicted octanol–water partition coefficient (Wildman–Crippen LogP) is 2.97. The average Bonchev–Trinajstić information content (AvgIpc) is 3.03. The Labute approximate surface area is 130 Å². The molecule has 0 bridgehead atoms. The van der Waals surface area contributed by atoms with Crippen LogP contribution in [-0.2, 0) is 16.0 Å². The first kappa shape index (κ1) is 14.6. The van der Waals surface area contributed by atoms with Gasteiger partial charge in [0.25, 0.3) is 5.91 Å². The third-order valence-corrected chi connectivity index (χ3v) is 3.95. The van der Waals surface area contributed by atoms with E-state index < -0.39 is 6.10 Å². The molecular formula is C18H19NO3. The maximum atomic E-state index is 12.7. The van der Waals surface area contributed by atoms with Gasteiger partial charge in [0.15, 0.2) is 6.10 Å². The third kappa shape index (κ3) is 2.70. The number of rotatable bonds is 4. The molecule has 0 saturated heterocycles. The number of carbonyl (C=O) groups is 1. The second-order valence-electron chi connectivity index (χ2n) is 5.31. The molecule has 4 nitrogen and oxygen atoms in total. The second-order valence-corrected chi connectivity index (χ2v) is 5.31. The molecule has 2 aromatic carbocycles. The van der Waals surface area contributed by atoms with Gasteiger partial charge in [-0.15, -0.1) is 0 Å². The molecule has 0 radical (unpaired) electrons. The van der Waals surface area contributed by atoms with Gasteiger partial charge < -0.3 is 14.4 Å². The summed E-state index contributed by atoms with van der Waals surface area (Å²) in [6.45, 7) is 0.709. The van der Waals surface area contributed by atoms with Gasteiger partial charge in [-0.2, -0.15) is 0 Å². The van der Waals surface area contributed by atoms with Crippen LogP contribution in [0.25, 0.3) is 0 Å². The van der Waals surface area contributed by atoms with Gasteiger partial charge in [-0.3, -0.25) is 4.79 Å². The Bertz CT molecular complexity index is 669. The number of carbonyl (C=O) groups excluding carboxylic acids is 1. The molecule has 0 spiro atoms. The molecule has 1 aliphatic heterocycles. The maximum absolute atomic E-state index is 12.7. The van der Waals surface area contributed by atoms with Crippen LogP contribution in [0.1, 0.15) is 17.2 Å². The number of likely N-dealkylation sites (N-methyl/N-ethyl adjacent to an activating group) is 1. The highest BCUT2D eigenvalue weighted by molar-refractivity contribution is 5.96. The Kier molecular flexibility index (Phi) is 4.11. The van der Waals surface area contributed by atoms with E-state index >= 15 is 0 Å². The molecule has 22 heavy (non-hydrogen) atoms. The van der Waals surface area contributed by atoms with Crippen molar-refractivity contribution >= 4 is 11.6 Å². The van der Waals surface area contributed by atoms with Gasteiger partial charge in [-0.25, -0.2) is 0 Å². The van der Waals surface area contributed by atoms with Gasteiger partial charge in [-0.05, 0) is 29.3 Å². The lowest BCUT2D eigenvalue weighted by Gasteiger charge is -2.23. The molecule has 1 heterocycles. The fourth-order valence-electron chi connectivity index (χ4n) is 2.69. The van der Waals surface area contributed by atoms with E-state index in [4.69, 9.17) is 9.47 Å². The van der Waals surface area contributed by atoms with E-state index in [0.717, 1.165) is 29.0 Å². The molecule has 0 saturated carbocycles. The number of amides is 1. The average molecular weight is 297 g/mol. The topological polar surface area (TPSA) is 38.8 Å². The molecule has 3 rings (SSSR count). The molecule has 1 atom stereocenters. The molecule has 0 aromatic heterocycles. The summed E-state index contributed by atoms with van der Waals surface area (Å²) >= 11 is 0. The van der Waals surface area contributed by atoms with E-state index in [0.29, 0.717) is 6.61 Å². The summed E-state index contributed by atoms with van der Waals surface area (Å²) in [5, 5.41) is 0. The van der Waals surface area contributed by atoms with Crippen molar-refractivity contribution in [1.82, 2.24) is 0 Å². The first-order chi connectivity index (χ1) is 10.7. The Morgan fingerprint density at radius 2 is 2.00 bits per heavy atom. The Balaban J connectivity index is 1.84. The van der Waals surface area contributed by atoms with Crippen LogP contribution >= 0.6 is 0 Å². The fourth-order valence-corrected chi connectivity index (χ4v) is 2.69. The van der Waals surface area contributed by atoms with E-state index in [1.807, 2.05) is 48.5 Å². The lowest BCUT2D eigenvalue weighted by Crippen LogP contribution is -2.32.